The number of unbranched alkanes of at least 4 members (excludes halogenated alkanes) is 3. The van der Waals surface area contributed by atoms with Gasteiger partial charge in [-0.3, -0.25) is 9.59 Å². The predicted molar refractivity (Wildman–Crippen MR) is 213 cm³/mol. The highest BCUT2D eigenvalue weighted by atomic mass is 16.7. The number of aliphatic hydroxyl groups excluding tert-OH is 2. The largest absolute Gasteiger partial charge is 0.502 e. The van der Waals surface area contributed by atoms with Gasteiger partial charge in [0.25, 0.3) is 0 Å². The number of carbonyl (C=O) groups is 2. The minimum Gasteiger partial charge on any atom is -0.502 e. The first-order chi connectivity index (χ1) is 30.1. The molecule has 2 aliphatic carbocycles. The van der Waals surface area contributed by atoms with Gasteiger partial charge in [-0.25, -0.2) is 0 Å². The maximum Gasteiger partial charge on any atom is 0.310 e. The van der Waals surface area contributed by atoms with Crippen LogP contribution in [0.3, 0.4) is 0 Å². The van der Waals surface area contributed by atoms with Crippen LogP contribution in [0, 0.1) is 23.7 Å². The highest BCUT2D eigenvalue weighted by Crippen LogP contribution is 2.57. The van der Waals surface area contributed by atoms with E-state index in [4.69, 9.17) is 47.4 Å². The predicted octanol–water partition coefficient (Wildman–Crippen LogP) is 5.53. The zero-order valence-electron chi connectivity index (χ0n) is 34.0. The van der Waals surface area contributed by atoms with E-state index in [1.807, 2.05) is 0 Å². The number of rotatable bonds is 13. The molecule has 8 atom stereocenters. The van der Waals surface area contributed by atoms with E-state index in [1.165, 1.54) is 14.2 Å². The second kappa shape index (κ2) is 15.9. The summed E-state index contributed by atoms with van der Waals surface area (Å²) in [5.41, 5.74) is 3.94. The lowest BCUT2D eigenvalue weighted by Crippen LogP contribution is -2.34. The summed E-state index contributed by atoms with van der Waals surface area (Å²) in [4.78, 5) is 26.4. The lowest BCUT2D eigenvalue weighted by atomic mass is 9.66. The number of aliphatic hydroxyl groups is 2. The number of benzene rings is 4. The van der Waals surface area contributed by atoms with Gasteiger partial charge in [0.2, 0.25) is 25.1 Å². The Hall–Kier alpha value is -6.26. The topological polar surface area (TPSA) is 207 Å². The minimum absolute atomic E-state index is 0.0536. The van der Waals surface area contributed by atoms with Crippen LogP contribution in [-0.4, -0.2) is 86.6 Å². The summed E-state index contributed by atoms with van der Waals surface area (Å²) in [6, 6.07) is 13.9. The second-order valence-electron chi connectivity index (χ2n) is 16.4. The molecule has 62 heavy (non-hydrogen) atoms. The third kappa shape index (κ3) is 6.58. The molecular formula is C46H46O16. The third-order valence-electron chi connectivity index (χ3n) is 13.1. The highest BCUT2D eigenvalue weighted by molar-refractivity contribution is 5.80. The second-order valence-corrected chi connectivity index (χ2v) is 16.4. The summed E-state index contributed by atoms with van der Waals surface area (Å²) < 4.78 is 56.8. The van der Waals surface area contributed by atoms with Crippen LogP contribution in [-0.2, 0) is 19.1 Å². The Balaban J connectivity index is 0.803. The van der Waals surface area contributed by atoms with E-state index in [0.717, 1.165) is 12.8 Å². The Kier molecular flexibility index (Phi) is 10.2. The number of fused-ring (bicyclic) bond motifs is 6. The van der Waals surface area contributed by atoms with Crippen molar-refractivity contribution in [3.63, 3.8) is 0 Å². The molecule has 16 heteroatoms. The quantitative estimate of drug-likeness (QED) is 0.0964. The van der Waals surface area contributed by atoms with Crippen LogP contribution in [0.25, 0.3) is 0 Å². The molecule has 4 heterocycles. The van der Waals surface area contributed by atoms with Crippen LogP contribution in [0.2, 0.25) is 0 Å². The van der Waals surface area contributed by atoms with Crippen molar-refractivity contribution in [3.05, 3.63) is 81.9 Å². The Bertz CT molecular complexity index is 2260. The van der Waals surface area contributed by atoms with E-state index in [9.17, 15) is 30.0 Å². The van der Waals surface area contributed by atoms with Gasteiger partial charge >= 0.3 is 11.9 Å². The molecule has 0 unspecified atom stereocenters. The van der Waals surface area contributed by atoms with Gasteiger partial charge in [-0.1, -0.05) is 0 Å². The SMILES string of the molecule is COc1cc([C@@H]2c3cc4c(cc3[C@@H](O)[C@H]3COC(=O)[C@H]23)OCO4)cc(OCCCCCCOc2cc([C@@H]3c4cc5c(cc4[C@@H](O)[C@H]4COC(=O)[C@H]34)OCO5)cc(OC)c2O)c1O. The summed E-state index contributed by atoms with van der Waals surface area (Å²) >= 11 is 0. The van der Waals surface area contributed by atoms with Gasteiger partial charge < -0.3 is 67.8 Å². The molecule has 0 aromatic heterocycles. The van der Waals surface area contributed by atoms with Gasteiger partial charge in [0.1, 0.15) is 0 Å². The summed E-state index contributed by atoms with van der Waals surface area (Å²) in [7, 11) is 2.88. The van der Waals surface area contributed by atoms with Crippen molar-refractivity contribution < 1.29 is 77.4 Å². The van der Waals surface area contributed by atoms with Crippen molar-refractivity contribution in [1.82, 2.24) is 0 Å². The Labute approximate surface area is 355 Å². The van der Waals surface area contributed by atoms with Crippen molar-refractivity contribution in [2.24, 2.45) is 23.7 Å². The minimum atomic E-state index is -0.948. The number of cyclic esters (lactones) is 2. The Morgan fingerprint density at radius 3 is 1.27 bits per heavy atom. The van der Waals surface area contributed by atoms with Crippen molar-refractivity contribution in [2.45, 2.75) is 49.7 Å². The molecule has 4 N–H and O–H groups in total. The van der Waals surface area contributed by atoms with E-state index in [-0.39, 0.29) is 74.5 Å². The molecule has 0 bridgehead atoms. The normalized spacial score (nSPS) is 25.9. The van der Waals surface area contributed by atoms with Gasteiger partial charge in [-0.15, -0.1) is 0 Å². The van der Waals surface area contributed by atoms with Crippen LogP contribution in [0.15, 0.2) is 48.5 Å². The van der Waals surface area contributed by atoms with Crippen LogP contribution < -0.4 is 37.9 Å². The molecule has 0 radical (unpaired) electrons. The number of aromatic hydroxyl groups is 2. The van der Waals surface area contributed by atoms with Gasteiger partial charge in [-0.2, -0.15) is 0 Å². The molecule has 2 fully saturated rings. The molecule has 16 nitrogen and oxygen atoms in total. The third-order valence-corrected chi connectivity index (χ3v) is 13.1. The molecule has 2 saturated heterocycles. The maximum atomic E-state index is 13.2. The number of phenolic OH excluding ortho intramolecular Hbond substituents is 2. The monoisotopic (exact) mass is 854 g/mol. The smallest absolute Gasteiger partial charge is 0.310 e. The van der Waals surface area contributed by atoms with E-state index in [1.54, 1.807) is 48.5 Å². The van der Waals surface area contributed by atoms with Gasteiger partial charge in [-0.05, 0) is 108 Å². The number of hydrogen-bond acceptors (Lipinski definition) is 16. The molecule has 0 spiro atoms. The maximum absolute atomic E-state index is 13.2. The zero-order chi connectivity index (χ0) is 42.8. The van der Waals surface area contributed by atoms with Gasteiger partial charge in [0.15, 0.2) is 46.0 Å². The van der Waals surface area contributed by atoms with Gasteiger partial charge in [0.05, 0.1) is 64.7 Å². The number of methoxy groups -OCH3 is 2. The standard InChI is InChI=1S/C46H46O16/c1-53-33-9-21(37-23-13-29-31(61-19-59-29)15-25(23)41(47)27-17-57-45(51)39(27)37)11-35(43(33)49)55-7-5-3-4-6-8-56-36-12-22(10-34(54-2)44(36)50)38-24-14-30-32(62-20-60-30)16-26(24)42(48)28-18-58-46(52)40(28)38/h9-16,27-28,37-42,47-50H,3-8,17-20H2,1-2H3/t27-,28-,37+,38+,39-,40-,41+,42+/m0/s1. The summed E-state index contributed by atoms with van der Waals surface area (Å²) in [5.74, 6) is -1.80. The molecule has 326 valence electrons. The number of ether oxygens (including phenoxy) is 10. The molecule has 10 rings (SSSR count). The van der Waals surface area contributed by atoms with Crippen LogP contribution in [0.5, 0.6) is 57.5 Å². The van der Waals surface area contributed by atoms with E-state index in [2.05, 4.69) is 0 Å². The zero-order valence-corrected chi connectivity index (χ0v) is 34.0. The lowest BCUT2D eigenvalue weighted by molar-refractivity contribution is -0.142. The van der Waals surface area contributed by atoms with Crippen molar-refractivity contribution >= 4 is 11.9 Å². The summed E-state index contributed by atoms with van der Waals surface area (Å²) in [6.45, 7) is 0.811. The Morgan fingerprint density at radius 1 is 0.516 bits per heavy atom. The molecule has 6 aliphatic rings. The first-order valence-corrected chi connectivity index (χ1v) is 20.8. The number of esters is 2. The fourth-order valence-corrected chi connectivity index (χ4v) is 10.1. The van der Waals surface area contributed by atoms with Crippen molar-refractivity contribution in [1.29, 1.82) is 0 Å². The van der Waals surface area contributed by atoms with E-state index < -0.39 is 59.7 Å². The van der Waals surface area contributed by atoms with Crippen LogP contribution in [0.1, 0.15) is 83.1 Å². The molecule has 0 saturated carbocycles. The number of hydrogen-bond donors (Lipinski definition) is 4. The Morgan fingerprint density at radius 2 is 0.887 bits per heavy atom. The van der Waals surface area contributed by atoms with E-state index in [0.29, 0.717) is 69.2 Å². The molecule has 0 amide bonds. The average molecular weight is 855 g/mol. The summed E-state index contributed by atoms with van der Waals surface area (Å²) in [6.07, 6.45) is 0.908. The highest BCUT2D eigenvalue weighted by Gasteiger charge is 2.54. The first-order valence-electron chi connectivity index (χ1n) is 20.8. The fourth-order valence-electron chi connectivity index (χ4n) is 10.1. The molecular weight excluding hydrogens is 808 g/mol. The van der Waals surface area contributed by atoms with Gasteiger partial charge in [0, 0.05) is 23.7 Å². The molecule has 4 aromatic carbocycles. The molecule has 4 aromatic rings. The lowest BCUT2D eigenvalue weighted by Gasteiger charge is -2.37. The fraction of sp³-hybridized carbons (Fsp3) is 0.435. The van der Waals surface area contributed by atoms with E-state index >= 15 is 0 Å². The van der Waals surface area contributed by atoms with Crippen LogP contribution in [0.4, 0.5) is 0 Å². The van der Waals surface area contributed by atoms with Crippen LogP contribution >= 0.6 is 0 Å². The number of phenols is 2. The van der Waals surface area contributed by atoms with Crippen molar-refractivity contribution in [3.8, 4) is 57.5 Å². The summed E-state index contributed by atoms with van der Waals surface area (Å²) in [5, 5.41) is 44.9. The van der Waals surface area contributed by atoms with Crippen molar-refractivity contribution in [2.75, 3.05) is 54.2 Å². The molecule has 4 aliphatic heterocycles. The first kappa shape index (κ1) is 39.9. The average Bonchev–Trinajstić information content (AvgIpc) is 4.10. The number of carbonyl (C=O) groups excluding carboxylic acids is 2.